The van der Waals surface area contributed by atoms with Gasteiger partial charge < -0.3 is 15.7 Å². The fourth-order valence-corrected chi connectivity index (χ4v) is 3.05. The predicted octanol–water partition coefficient (Wildman–Crippen LogP) is 0.971. The van der Waals surface area contributed by atoms with E-state index in [1.54, 1.807) is 4.90 Å². The zero-order chi connectivity index (χ0) is 10.1. The first-order valence-electron chi connectivity index (χ1n) is 5.38. The Labute approximate surface area is 84.1 Å². The second-order valence-electron chi connectivity index (χ2n) is 4.62. The van der Waals surface area contributed by atoms with E-state index in [1.165, 1.54) is 12.8 Å². The van der Waals surface area contributed by atoms with Crippen LogP contribution in [0.1, 0.15) is 19.3 Å². The molecule has 14 heavy (non-hydrogen) atoms. The number of fused-ring (bicyclic) bond motifs is 1. The summed E-state index contributed by atoms with van der Waals surface area (Å²) in [5, 5.41) is 8.84. The molecule has 80 valence electrons. The van der Waals surface area contributed by atoms with Crippen LogP contribution in [0.2, 0.25) is 0 Å². The number of likely N-dealkylation sites (tertiary alicyclic amines) is 1. The van der Waals surface area contributed by atoms with Crippen LogP contribution in [0.25, 0.3) is 0 Å². The number of hydrogen-bond donors (Lipinski definition) is 2. The van der Waals surface area contributed by atoms with Crippen LogP contribution in [-0.4, -0.2) is 35.7 Å². The van der Waals surface area contributed by atoms with Crippen molar-refractivity contribution in [1.29, 1.82) is 0 Å². The zero-order valence-corrected chi connectivity index (χ0v) is 8.35. The van der Waals surface area contributed by atoms with Crippen molar-refractivity contribution in [3.8, 4) is 0 Å². The quantitative estimate of drug-likeness (QED) is 0.694. The fraction of sp³-hybridized carbons (Fsp3) is 0.900. The van der Waals surface area contributed by atoms with Gasteiger partial charge in [0.25, 0.3) is 0 Å². The molecule has 1 saturated carbocycles. The summed E-state index contributed by atoms with van der Waals surface area (Å²) in [5.41, 5.74) is 5.53. The lowest BCUT2D eigenvalue weighted by Crippen LogP contribution is -2.28. The highest BCUT2D eigenvalue weighted by molar-refractivity contribution is 5.65. The summed E-state index contributed by atoms with van der Waals surface area (Å²) in [6, 6.07) is 0. The van der Waals surface area contributed by atoms with Gasteiger partial charge in [-0.15, -0.1) is 0 Å². The molecule has 1 aliphatic carbocycles. The average molecular weight is 198 g/mol. The lowest BCUT2D eigenvalue weighted by atomic mass is 10.0. The van der Waals surface area contributed by atoms with E-state index in [4.69, 9.17) is 10.8 Å². The first-order valence-corrected chi connectivity index (χ1v) is 5.38. The van der Waals surface area contributed by atoms with Gasteiger partial charge in [-0.2, -0.15) is 0 Å². The van der Waals surface area contributed by atoms with E-state index in [0.717, 1.165) is 32.0 Å². The molecule has 1 aliphatic heterocycles. The van der Waals surface area contributed by atoms with Crippen LogP contribution in [0.4, 0.5) is 4.79 Å². The SMILES string of the molecule is NCC[C@@H]1C[C@@H]2CN(C(=O)O)C[C@@H]2C1. The fourth-order valence-electron chi connectivity index (χ4n) is 3.05. The lowest BCUT2D eigenvalue weighted by molar-refractivity contribution is 0.151. The van der Waals surface area contributed by atoms with E-state index >= 15 is 0 Å². The summed E-state index contributed by atoms with van der Waals surface area (Å²) in [5.74, 6) is 1.98. The van der Waals surface area contributed by atoms with Gasteiger partial charge in [-0.3, -0.25) is 0 Å². The van der Waals surface area contributed by atoms with Gasteiger partial charge in [0.05, 0.1) is 0 Å². The number of amides is 1. The van der Waals surface area contributed by atoms with E-state index in [1.807, 2.05) is 0 Å². The van der Waals surface area contributed by atoms with Crippen LogP contribution in [0.3, 0.4) is 0 Å². The van der Waals surface area contributed by atoms with E-state index in [2.05, 4.69) is 0 Å². The molecule has 4 nitrogen and oxygen atoms in total. The van der Waals surface area contributed by atoms with Crippen molar-refractivity contribution in [3.63, 3.8) is 0 Å². The van der Waals surface area contributed by atoms with Crippen molar-refractivity contribution < 1.29 is 9.90 Å². The summed E-state index contributed by atoms with van der Waals surface area (Å²) in [6.07, 6.45) is 2.73. The van der Waals surface area contributed by atoms with E-state index in [0.29, 0.717) is 11.8 Å². The second kappa shape index (κ2) is 3.77. The van der Waals surface area contributed by atoms with Gasteiger partial charge in [-0.05, 0) is 43.6 Å². The maximum Gasteiger partial charge on any atom is 0.407 e. The predicted molar refractivity (Wildman–Crippen MR) is 53.0 cm³/mol. The smallest absolute Gasteiger partial charge is 0.407 e. The van der Waals surface area contributed by atoms with Crippen LogP contribution in [0, 0.1) is 17.8 Å². The molecule has 0 unspecified atom stereocenters. The molecule has 2 fully saturated rings. The maximum absolute atomic E-state index is 10.7. The van der Waals surface area contributed by atoms with Crippen LogP contribution in [0.5, 0.6) is 0 Å². The van der Waals surface area contributed by atoms with E-state index < -0.39 is 6.09 Å². The molecule has 3 atom stereocenters. The highest BCUT2D eigenvalue weighted by atomic mass is 16.4. The summed E-state index contributed by atoms with van der Waals surface area (Å²) >= 11 is 0. The number of hydrogen-bond acceptors (Lipinski definition) is 2. The number of nitrogens with zero attached hydrogens (tertiary/aromatic N) is 1. The summed E-state index contributed by atoms with van der Waals surface area (Å²) in [6.45, 7) is 2.27. The van der Waals surface area contributed by atoms with Gasteiger partial charge in [0.1, 0.15) is 0 Å². The first-order chi connectivity index (χ1) is 6.70. The molecule has 0 bridgehead atoms. The van der Waals surface area contributed by atoms with Crippen LogP contribution < -0.4 is 5.73 Å². The minimum absolute atomic E-state index is 0.614. The van der Waals surface area contributed by atoms with Gasteiger partial charge in [-0.1, -0.05) is 0 Å². The highest BCUT2D eigenvalue weighted by Gasteiger charge is 2.41. The molecule has 0 radical (unpaired) electrons. The summed E-state index contributed by atoms with van der Waals surface area (Å²) < 4.78 is 0. The van der Waals surface area contributed by atoms with Crippen molar-refractivity contribution in [2.45, 2.75) is 19.3 Å². The Morgan fingerprint density at radius 2 is 1.93 bits per heavy atom. The van der Waals surface area contributed by atoms with Crippen molar-refractivity contribution in [2.24, 2.45) is 23.5 Å². The van der Waals surface area contributed by atoms with Crippen molar-refractivity contribution in [2.75, 3.05) is 19.6 Å². The normalized spacial score (nSPS) is 36.1. The number of carboxylic acid groups (broad SMARTS) is 1. The minimum Gasteiger partial charge on any atom is -0.465 e. The largest absolute Gasteiger partial charge is 0.465 e. The Morgan fingerprint density at radius 1 is 1.36 bits per heavy atom. The molecule has 0 aromatic carbocycles. The first kappa shape index (κ1) is 9.77. The van der Waals surface area contributed by atoms with Crippen LogP contribution in [-0.2, 0) is 0 Å². The lowest BCUT2D eigenvalue weighted by Gasteiger charge is -2.15. The molecule has 4 heteroatoms. The highest BCUT2D eigenvalue weighted by Crippen LogP contribution is 2.42. The number of rotatable bonds is 2. The molecule has 0 aromatic rings. The van der Waals surface area contributed by atoms with E-state index in [9.17, 15) is 4.79 Å². The zero-order valence-electron chi connectivity index (χ0n) is 8.35. The van der Waals surface area contributed by atoms with Gasteiger partial charge in [0, 0.05) is 13.1 Å². The summed E-state index contributed by atoms with van der Waals surface area (Å²) in [4.78, 5) is 12.3. The van der Waals surface area contributed by atoms with E-state index in [-0.39, 0.29) is 0 Å². The topological polar surface area (TPSA) is 66.6 Å². The Hall–Kier alpha value is -0.770. The minimum atomic E-state index is -0.755. The Bertz CT molecular complexity index is 218. The third kappa shape index (κ3) is 1.71. The molecule has 2 aliphatic rings. The molecular formula is C10H18N2O2. The molecule has 2 rings (SSSR count). The average Bonchev–Trinajstić information content (AvgIpc) is 2.61. The molecule has 1 heterocycles. The van der Waals surface area contributed by atoms with Gasteiger partial charge in [0.15, 0.2) is 0 Å². The third-order valence-corrected chi connectivity index (χ3v) is 3.69. The second-order valence-corrected chi connectivity index (χ2v) is 4.62. The molecule has 3 N–H and O–H groups in total. The van der Waals surface area contributed by atoms with Gasteiger partial charge in [0.2, 0.25) is 0 Å². The molecule has 1 saturated heterocycles. The maximum atomic E-state index is 10.7. The Balaban J connectivity index is 1.87. The standard InChI is InChI=1S/C10H18N2O2/c11-2-1-7-3-8-5-12(10(13)14)6-9(8)4-7/h7-9H,1-6,11H2,(H,13,14)/t7-,8-,9+. The Morgan fingerprint density at radius 3 is 2.36 bits per heavy atom. The van der Waals surface area contributed by atoms with Gasteiger partial charge in [-0.25, -0.2) is 4.79 Å². The van der Waals surface area contributed by atoms with Crippen molar-refractivity contribution >= 4 is 6.09 Å². The number of carbonyl (C=O) groups is 1. The van der Waals surface area contributed by atoms with Gasteiger partial charge >= 0.3 is 6.09 Å². The number of nitrogens with two attached hydrogens (primary N) is 1. The van der Waals surface area contributed by atoms with Crippen LogP contribution in [0.15, 0.2) is 0 Å². The van der Waals surface area contributed by atoms with Crippen molar-refractivity contribution in [3.05, 3.63) is 0 Å². The molecule has 1 amide bonds. The monoisotopic (exact) mass is 198 g/mol. The molecule has 0 spiro atoms. The molecular weight excluding hydrogens is 180 g/mol. The Kier molecular flexibility index (Phi) is 2.63. The molecule has 0 aromatic heterocycles. The van der Waals surface area contributed by atoms with Crippen LogP contribution >= 0.6 is 0 Å². The van der Waals surface area contributed by atoms with Crippen molar-refractivity contribution in [1.82, 2.24) is 4.90 Å². The summed E-state index contributed by atoms with van der Waals surface area (Å²) in [7, 11) is 0. The third-order valence-electron chi connectivity index (χ3n) is 3.69.